The molecule has 1 aromatic rings. The Morgan fingerprint density at radius 2 is 2.18 bits per heavy atom. The Hall–Kier alpha value is -1.16. The second kappa shape index (κ2) is 2.47. The molecule has 4 heteroatoms. The van der Waals surface area contributed by atoms with Crippen LogP contribution in [0, 0.1) is 0 Å². The van der Waals surface area contributed by atoms with E-state index in [1.165, 1.54) is 6.20 Å². The van der Waals surface area contributed by atoms with Gasteiger partial charge in [-0.2, -0.15) is 0 Å². The lowest BCUT2D eigenvalue weighted by molar-refractivity contribution is 0.0738. The number of hydrogen-bond donors (Lipinski definition) is 2. The maximum Gasteiger partial charge on any atom is 0.220 e. The lowest BCUT2D eigenvalue weighted by Crippen LogP contribution is -2.18. The second-order valence-electron chi connectivity index (χ2n) is 2.86. The summed E-state index contributed by atoms with van der Waals surface area (Å²) >= 11 is 0. The van der Waals surface area contributed by atoms with Gasteiger partial charge in [0, 0.05) is 6.20 Å². The van der Waals surface area contributed by atoms with Crippen LogP contribution in [0.3, 0.4) is 0 Å². The summed E-state index contributed by atoms with van der Waals surface area (Å²) in [7, 11) is 0. The van der Waals surface area contributed by atoms with Crippen molar-refractivity contribution in [1.29, 1.82) is 0 Å². The molecular formula is C7H11N3O. The number of hydrogen-bond acceptors (Lipinski definition) is 4. The van der Waals surface area contributed by atoms with Gasteiger partial charge in [0.2, 0.25) is 5.95 Å². The van der Waals surface area contributed by atoms with Crippen LogP contribution in [0.1, 0.15) is 19.5 Å². The van der Waals surface area contributed by atoms with E-state index in [2.05, 4.69) is 9.97 Å². The molecule has 1 aromatic heterocycles. The Labute approximate surface area is 65.1 Å². The highest BCUT2D eigenvalue weighted by Gasteiger charge is 2.17. The Morgan fingerprint density at radius 3 is 2.55 bits per heavy atom. The molecule has 0 aliphatic carbocycles. The monoisotopic (exact) mass is 153 g/mol. The van der Waals surface area contributed by atoms with Crippen molar-refractivity contribution in [3.8, 4) is 0 Å². The largest absolute Gasteiger partial charge is 0.384 e. The smallest absolute Gasteiger partial charge is 0.220 e. The Balaban J connectivity index is 3.06. The summed E-state index contributed by atoms with van der Waals surface area (Å²) in [4.78, 5) is 7.57. The molecule has 3 N–H and O–H groups in total. The average molecular weight is 153 g/mol. The van der Waals surface area contributed by atoms with Crippen LogP contribution in [0.15, 0.2) is 12.3 Å². The topological polar surface area (TPSA) is 72.0 Å². The van der Waals surface area contributed by atoms with Gasteiger partial charge in [0.15, 0.2) is 0 Å². The van der Waals surface area contributed by atoms with Gasteiger partial charge in [-0.25, -0.2) is 9.97 Å². The molecule has 0 aliphatic heterocycles. The molecule has 0 spiro atoms. The fraction of sp³-hybridized carbons (Fsp3) is 0.429. The molecule has 0 radical (unpaired) electrons. The standard InChI is InChI=1S/C7H11N3O/c1-7(2,11)5-3-4-9-6(8)10-5/h3-4,11H,1-2H3,(H2,8,9,10). The van der Waals surface area contributed by atoms with Crippen LogP contribution in [-0.4, -0.2) is 15.1 Å². The van der Waals surface area contributed by atoms with Crippen molar-refractivity contribution in [2.24, 2.45) is 0 Å². The van der Waals surface area contributed by atoms with E-state index in [1.807, 2.05) is 0 Å². The van der Waals surface area contributed by atoms with E-state index in [4.69, 9.17) is 5.73 Å². The minimum Gasteiger partial charge on any atom is -0.384 e. The summed E-state index contributed by atoms with van der Waals surface area (Å²) in [6, 6.07) is 1.64. The minimum absolute atomic E-state index is 0.185. The summed E-state index contributed by atoms with van der Waals surface area (Å²) in [5.41, 5.74) is 4.91. The van der Waals surface area contributed by atoms with Gasteiger partial charge in [-0.3, -0.25) is 0 Å². The molecule has 0 bridgehead atoms. The highest BCUT2D eigenvalue weighted by Crippen LogP contribution is 2.16. The van der Waals surface area contributed by atoms with Crippen LogP contribution in [-0.2, 0) is 5.60 Å². The zero-order valence-electron chi connectivity index (χ0n) is 6.57. The van der Waals surface area contributed by atoms with Gasteiger partial charge >= 0.3 is 0 Å². The molecule has 11 heavy (non-hydrogen) atoms. The van der Waals surface area contributed by atoms with Crippen LogP contribution in [0.5, 0.6) is 0 Å². The molecule has 0 fully saturated rings. The molecule has 1 rings (SSSR count). The van der Waals surface area contributed by atoms with E-state index < -0.39 is 5.60 Å². The van der Waals surface area contributed by atoms with Gasteiger partial charge in [0.05, 0.1) is 5.69 Å². The van der Waals surface area contributed by atoms with E-state index in [0.29, 0.717) is 5.69 Å². The third kappa shape index (κ3) is 1.88. The van der Waals surface area contributed by atoms with Crippen molar-refractivity contribution in [3.05, 3.63) is 18.0 Å². The minimum atomic E-state index is -0.947. The number of nitrogens with zero attached hydrogens (tertiary/aromatic N) is 2. The van der Waals surface area contributed by atoms with Gasteiger partial charge in [0.1, 0.15) is 5.60 Å². The van der Waals surface area contributed by atoms with Crippen molar-refractivity contribution in [3.63, 3.8) is 0 Å². The second-order valence-corrected chi connectivity index (χ2v) is 2.86. The Kier molecular flexibility index (Phi) is 1.78. The maximum atomic E-state index is 9.47. The molecule has 4 nitrogen and oxygen atoms in total. The summed E-state index contributed by atoms with van der Waals surface area (Å²) in [5.74, 6) is 0.185. The molecule has 0 saturated heterocycles. The number of anilines is 1. The Bertz CT molecular complexity index is 254. The van der Waals surface area contributed by atoms with Gasteiger partial charge in [-0.15, -0.1) is 0 Å². The quantitative estimate of drug-likeness (QED) is 0.608. The van der Waals surface area contributed by atoms with Crippen molar-refractivity contribution in [1.82, 2.24) is 9.97 Å². The van der Waals surface area contributed by atoms with Gasteiger partial charge < -0.3 is 10.8 Å². The average Bonchev–Trinajstić information content (AvgIpc) is 1.86. The van der Waals surface area contributed by atoms with Crippen molar-refractivity contribution < 1.29 is 5.11 Å². The van der Waals surface area contributed by atoms with E-state index in [9.17, 15) is 5.11 Å². The van der Waals surface area contributed by atoms with Crippen LogP contribution < -0.4 is 5.73 Å². The van der Waals surface area contributed by atoms with Gasteiger partial charge in [-0.05, 0) is 19.9 Å². The summed E-state index contributed by atoms with van der Waals surface area (Å²) in [5, 5.41) is 9.47. The molecule has 0 aromatic carbocycles. The number of nitrogens with two attached hydrogens (primary N) is 1. The summed E-state index contributed by atoms with van der Waals surface area (Å²) < 4.78 is 0. The lowest BCUT2D eigenvalue weighted by Gasteiger charge is -2.15. The normalized spacial score (nSPS) is 11.5. The van der Waals surface area contributed by atoms with Crippen LogP contribution in [0.4, 0.5) is 5.95 Å². The van der Waals surface area contributed by atoms with Crippen LogP contribution >= 0.6 is 0 Å². The first-order valence-corrected chi connectivity index (χ1v) is 3.31. The van der Waals surface area contributed by atoms with Gasteiger partial charge in [-0.1, -0.05) is 0 Å². The zero-order chi connectivity index (χ0) is 8.48. The number of aromatic nitrogens is 2. The first-order valence-electron chi connectivity index (χ1n) is 3.31. The molecule has 0 saturated carbocycles. The fourth-order valence-electron chi connectivity index (χ4n) is 0.715. The summed E-state index contributed by atoms with van der Waals surface area (Å²) in [6.07, 6.45) is 1.52. The third-order valence-electron chi connectivity index (χ3n) is 1.30. The molecule has 0 atom stereocenters. The van der Waals surface area contributed by atoms with E-state index in [0.717, 1.165) is 0 Å². The molecular weight excluding hydrogens is 142 g/mol. The predicted molar refractivity (Wildman–Crippen MR) is 41.7 cm³/mol. The highest BCUT2D eigenvalue weighted by molar-refractivity contribution is 5.20. The first-order chi connectivity index (χ1) is 5.00. The van der Waals surface area contributed by atoms with Crippen LogP contribution in [0.25, 0.3) is 0 Å². The Morgan fingerprint density at radius 1 is 1.55 bits per heavy atom. The number of aliphatic hydroxyl groups is 1. The molecule has 60 valence electrons. The van der Waals surface area contributed by atoms with E-state index in [1.54, 1.807) is 19.9 Å². The highest BCUT2D eigenvalue weighted by atomic mass is 16.3. The van der Waals surface area contributed by atoms with Crippen LogP contribution in [0.2, 0.25) is 0 Å². The van der Waals surface area contributed by atoms with E-state index in [-0.39, 0.29) is 5.95 Å². The zero-order valence-corrected chi connectivity index (χ0v) is 6.57. The SMILES string of the molecule is CC(C)(O)c1ccnc(N)n1. The predicted octanol–water partition coefficient (Wildman–Crippen LogP) is 0.286. The molecule has 1 heterocycles. The molecule has 0 amide bonds. The third-order valence-corrected chi connectivity index (χ3v) is 1.30. The lowest BCUT2D eigenvalue weighted by atomic mass is 10.1. The first kappa shape index (κ1) is 7.94. The van der Waals surface area contributed by atoms with Gasteiger partial charge in [0.25, 0.3) is 0 Å². The molecule has 0 unspecified atom stereocenters. The van der Waals surface area contributed by atoms with Crippen molar-refractivity contribution in [2.75, 3.05) is 5.73 Å². The number of rotatable bonds is 1. The van der Waals surface area contributed by atoms with E-state index >= 15 is 0 Å². The fourth-order valence-corrected chi connectivity index (χ4v) is 0.715. The van der Waals surface area contributed by atoms with Crippen molar-refractivity contribution >= 4 is 5.95 Å². The maximum absolute atomic E-state index is 9.47. The summed E-state index contributed by atoms with van der Waals surface area (Å²) in [6.45, 7) is 3.30. The molecule has 0 aliphatic rings. The van der Waals surface area contributed by atoms with Crippen molar-refractivity contribution in [2.45, 2.75) is 19.4 Å². The number of nitrogen functional groups attached to an aromatic ring is 1.